The van der Waals surface area contributed by atoms with Crippen molar-refractivity contribution < 1.29 is 5.11 Å². The summed E-state index contributed by atoms with van der Waals surface area (Å²) >= 11 is 0. The summed E-state index contributed by atoms with van der Waals surface area (Å²) in [7, 11) is 0. The van der Waals surface area contributed by atoms with E-state index in [-0.39, 0.29) is 0 Å². The van der Waals surface area contributed by atoms with E-state index in [1.165, 1.54) is 19.3 Å². The summed E-state index contributed by atoms with van der Waals surface area (Å²) < 4.78 is 0. The fraction of sp³-hybridized carbons (Fsp3) is 0.857. The van der Waals surface area contributed by atoms with Crippen molar-refractivity contribution in [3.63, 3.8) is 0 Å². The molecule has 0 spiro atoms. The molecule has 1 saturated carbocycles. The van der Waals surface area contributed by atoms with Gasteiger partial charge in [-0.05, 0) is 26.3 Å². The van der Waals surface area contributed by atoms with Gasteiger partial charge in [0.1, 0.15) is 5.60 Å². The van der Waals surface area contributed by atoms with Crippen LogP contribution in [0.15, 0.2) is 0 Å². The van der Waals surface area contributed by atoms with Crippen LogP contribution in [0, 0.1) is 18.3 Å². The minimum absolute atomic E-state index is 0.294. The Morgan fingerprint density at radius 3 is 2.75 bits per heavy atom. The largest absolute Gasteiger partial charge is 0.377 e. The zero-order valence-electron chi connectivity index (χ0n) is 10.4. The molecule has 0 radical (unpaired) electrons. The van der Waals surface area contributed by atoms with Crippen LogP contribution in [0.4, 0.5) is 0 Å². The Hall–Kier alpha value is -0.520. The number of terminal acetylenes is 1. The molecule has 0 aromatic carbocycles. The Balaban J connectivity index is 2.27. The van der Waals surface area contributed by atoms with Crippen molar-refractivity contribution in [2.45, 2.75) is 63.6 Å². The van der Waals surface area contributed by atoms with Crippen molar-refractivity contribution >= 4 is 0 Å². The Morgan fingerprint density at radius 2 is 2.12 bits per heavy atom. The van der Waals surface area contributed by atoms with Crippen molar-refractivity contribution in [3.05, 3.63) is 0 Å². The molecule has 16 heavy (non-hydrogen) atoms. The number of nitrogens with zero attached hydrogens (tertiary/aromatic N) is 1. The lowest BCUT2D eigenvalue weighted by atomic mass is 9.67. The van der Waals surface area contributed by atoms with E-state index in [4.69, 9.17) is 6.42 Å². The summed E-state index contributed by atoms with van der Waals surface area (Å²) in [4.78, 5) is 2.54. The summed E-state index contributed by atoms with van der Waals surface area (Å²) in [5.74, 6) is 2.98. The van der Waals surface area contributed by atoms with Gasteiger partial charge in [-0.15, -0.1) is 6.42 Å². The maximum Gasteiger partial charge on any atom is 0.131 e. The molecule has 0 aromatic rings. The number of piperidine rings is 1. The molecule has 2 heteroatoms. The molecular weight excluding hydrogens is 198 g/mol. The number of hydrogen-bond acceptors (Lipinski definition) is 2. The summed E-state index contributed by atoms with van der Waals surface area (Å²) in [5.41, 5.74) is -0.851. The highest BCUT2D eigenvalue weighted by Gasteiger charge is 2.49. The van der Waals surface area contributed by atoms with Crippen molar-refractivity contribution in [2.24, 2.45) is 5.92 Å². The average Bonchev–Trinajstić information content (AvgIpc) is 2.30. The van der Waals surface area contributed by atoms with Gasteiger partial charge in [-0.1, -0.05) is 25.7 Å². The second-order valence-electron chi connectivity index (χ2n) is 5.41. The standard InChI is InChI=1S/C14H23NO/c1-4-14(16)10-11(3)15(5-2)13-9-7-6-8-12(13)14/h1,11-13,16H,5-10H2,2-3H3/t11-,12-,13-,14+/m0/s1. The molecular formula is C14H23NO. The summed E-state index contributed by atoms with van der Waals surface area (Å²) in [5, 5.41) is 10.6. The van der Waals surface area contributed by atoms with Crippen LogP contribution in [-0.4, -0.2) is 34.2 Å². The third-order valence-corrected chi connectivity index (χ3v) is 4.56. The van der Waals surface area contributed by atoms with Gasteiger partial charge < -0.3 is 5.11 Å². The molecule has 4 atom stereocenters. The average molecular weight is 221 g/mol. The van der Waals surface area contributed by atoms with E-state index in [9.17, 15) is 5.11 Å². The second-order valence-corrected chi connectivity index (χ2v) is 5.41. The van der Waals surface area contributed by atoms with E-state index < -0.39 is 5.60 Å². The van der Waals surface area contributed by atoms with Crippen LogP contribution in [0.3, 0.4) is 0 Å². The Labute approximate surface area is 99.0 Å². The first-order chi connectivity index (χ1) is 7.62. The molecule has 1 aliphatic heterocycles. The highest BCUT2D eigenvalue weighted by molar-refractivity contribution is 5.17. The van der Waals surface area contributed by atoms with E-state index in [0.717, 1.165) is 19.4 Å². The molecule has 0 unspecified atom stereocenters. The number of aliphatic hydroxyl groups is 1. The molecule has 90 valence electrons. The smallest absolute Gasteiger partial charge is 0.131 e. The summed E-state index contributed by atoms with van der Waals surface area (Å²) in [6.07, 6.45) is 11.1. The van der Waals surface area contributed by atoms with Crippen LogP contribution >= 0.6 is 0 Å². The van der Waals surface area contributed by atoms with Crippen molar-refractivity contribution in [2.75, 3.05) is 6.54 Å². The van der Waals surface area contributed by atoms with E-state index in [2.05, 4.69) is 24.7 Å². The highest BCUT2D eigenvalue weighted by Crippen LogP contribution is 2.43. The molecule has 2 fully saturated rings. The Kier molecular flexibility index (Phi) is 3.28. The van der Waals surface area contributed by atoms with Crippen LogP contribution in [0.5, 0.6) is 0 Å². The maximum atomic E-state index is 10.6. The first-order valence-corrected chi connectivity index (χ1v) is 6.58. The van der Waals surface area contributed by atoms with Crippen molar-refractivity contribution in [3.8, 4) is 12.3 Å². The lowest BCUT2D eigenvalue weighted by molar-refractivity contribution is -0.0986. The lowest BCUT2D eigenvalue weighted by Crippen LogP contribution is -2.61. The molecule has 2 nitrogen and oxygen atoms in total. The fourth-order valence-corrected chi connectivity index (χ4v) is 3.82. The quantitative estimate of drug-likeness (QED) is 0.685. The van der Waals surface area contributed by atoms with Crippen LogP contribution in [0.25, 0.3) is 0 Å². The van der Waals surface area contributed by atoms with Gasteiger partial charge in [0, 0.05) is 24.4 Å². The number of hydrogen-bond donors (Lipinski definition) is 1. The maximum absolute atomic E-state index is 10.6. The van der Waals surface area contributed by atoms with Gasteiger partial charge in [0.15, 0.2) is 0 Å². The number of fused-ring (bicyclic) bond motifs is 1. The predicted molar refractivity (Wildman–Crippen MR) is 66.0 cm³/mol. The zero-order chi connectivity index (χ0) is 11.8. The highest BCUT2D eigenvalue weighted by atomic mass is 16.3. The molecule has 2 aliphatic rings. The molecule has 1 aliphatic carbocycles. The van der Waals surface area contributed by atoms with Gasteiger partial charge in [0.2, 0.25) is 0 Å². The third kappa shape index (κ3) is 1.77. The first-order valence-electron chi connectivity index (χ1n) is 6.58. The van der Waals surface area contributed by atoms with Gasteiger partial charge in [-0.3, -0.25) is 4.90 Å². The number of rotatable bonds is 1. The molecule has 2 rings (SSSR count). The van der Waals surface area contributed by atoms with Gasteiger partial charge >= 0.3 is 0 Å². The minimum atomic E-state index is -0.851. The van der Waals surface area contributed by atoms with Gasteiger partial charge in [0.05, 0.1) is 0 Å². The molecule has 1 heterocycles. The van der Waals surface area contributed by atoms with E-state index in [1.807, 2.05) is 0 Å². The van der Waals surface area contributed by atoms with Crippen LogP contribution in [0.2, 0.25) is 0 Å². The topological polar surface area (TPSA) is 23.5 Å². The van der Waals surface area contributed by atoms with Gasteiger partial charge in [-0.2, -0.15) is 0 Å². The predicted octanol–water partition coefficient (Wildman–Crippen LogP) is 2.02. The molecule has 1 N–H and O–H groups in total. The van der Waals surface area contributed by atoms with Crippen LogP contribution in [-0.2, 0) is 0 Å². The Morgan fingerprint density at radius 1 is 1.44 bits per heavy atom. The second kappa shape index (κ2) is 4.39. The summed E-state index contributed by atoms with van der Waals surface area (Å²) in [6.45, 7) is 5.47. The van der Waals surface area contributed by atoms with Gasteiger partial charge in [-0.25, -0.2) is 0 Å². The van der Waals surface area contributed by atoms with Crippen LogP contribution in [0.1, 0.15) is 46.0 Å². The normalized spacial score (nSPS) is 44.8. The summed E-state index contributed by atoms with van der Waals surface area (Å²) in [6, 6.07) is 0.911. The van der Waals surface area contributed by atoms with E-state index in [0.29, 0.717) is 18.0 Å². The lowest BCUT2D eigenvalue weighted by Gasteiger charge is -2.53. The minimum Gasteiger partial charge on any atom is -0.377 e. The third-order valence-electron chi connectivity index (χ3n) is 4.56. The number of likely N-dealkylation sites (tertiary alicyclic amines) is 1. The van der Waals surface area contributed by atoms with Gasteiger partial charge in [0.25, 0.3) is 0 Å². The molecule has 1 saturated heterocycles. The zero-order valence-corrected chi connectivity index (χ0v) is 10.4. The van der Waals surface area contributed by atoms with E-state index in [1.54, 1.807) is 0 Å². The van der Waals surface area contributed by atoms with E-state index >= 15 is 0 Å². The molecule has 0 bridgehead atoms. The monoisotopic (exact) mass is 221 g/mol. The SMILES string of the molecule is C#C[C@@]1(O)C[C@H](C)N(CC)[C@H]2CCCC[C@@H]21. The molecule has 0 aromatic heterocycles. The molecule has 0 amide bonds. The first kappa shape index (κ1) is 12.0. The van der Waals surface area contributed by atoms with Crippen molar-refractivity contribution in [1.82, 2.24) is 4.90 Å². The van der Waals surface area contributed by atoms with Crippen molar-refractivity contribution in [1.29, 1.82) is 0 Å². The fourth-order valence-electron chi connectivity index (χ4n) is 3.82. The van der Waals surface area contributed by atoms with Crippen LogP contribution < -0.4 is 0 Å². The Bertz CT molecular complexity index is 296.